The zero-order chi connectivity index (χ0) is 14.8. The molecular formula is C16H28N2O2. The first-order chi connectivity index (χ1) is 9.37. The molecule has 2 atom stereocenters. The van der Waals surface area contributed by atoms with Gasteiger partial charge in [0.25, 0.3) is 0 Å². The fraction of sp³-hybridized carbons (Fsp3) is 0.750. The van der Waals surface area contributed by atoms with Crippen LogP contribution in [-0.4, -0.2) is 36.2 Å². The molecule has 2 rings (SSSR count). The fourth-order valence-corrected chi connectivity index (χ4v) is 2.67. The molecule has 4 nitrogen and oxygen atoms in total. The zero-order valence-corrected chi connectivity index (χ0v) is 13.4. The van der Waals surface area contributed by atoms with Gasteiger partial charge in [0, 0.05) is 30.3 Å². The molecule has 1 aliphatic rings. The second-order valence-electron chi connectivity index (χ2n) is 6.82. The van der Waals surface area contributed by atoms with Crippen LogP contribution >= 0.6 is 0 Å². The SMILES string of the molecule is CC1OCCC1N(C)Cc1occc1CNC(C)(C)C. The molecule has 0 aliphatic carbocycles. The molecule has 1 aliphatic heterocycles. The molecule has 1 N–H and O–H groups in total. The van der Waals surface area contributed by atoms with Crippen LogP contribution in [0.2, 0.25) is 0 Å². The minimum atomic E-state index is 0.119. The Kier molecular flexibility index (Phi) is 4.89. The summed E-state index contributed by atoms with van der Waals surface area (Å²) in [5.74, 6) is 1.06. The Morgan fingerprint density at radius 1 is 1.40 bits per heavy atom. The van der Waals surface area contributed by atoms with E-state index in [1.807, 2.05) is 0 Å². The van der Waals surface area contributed by atoms with Crippen molar-refractivity contribution in [2.24, 2.45) is 0 Å². The second-order valence-corrected chi connectivity index (χ2v) is 6.82. The van der Waals surface area contributed by atoms with Crippen LogP contribution in [0.5, 0.6) is 0 Å². The number of nitrogens with zero attached hydrogens (tertiary/aromatic N) is 1. The number of hydrogen-bond acceptors (Lipinski definition) is 4. The maximum Gasteiger partial charge on any atom is 0.122 e. The lowest BCUT2D eigenvalue weighted by Gasteiger charge is -2.26. The summed E-state index contributed by atoms with van der Waals surface area (Å²) in [4.78, 5) is 2.34. The quantitative estimate of drug-likeness (QED) is 0.900. The molecule has 2 unspecified atom stereocenters. The summed E-state index contributed by atoms with van der Waals surface area (Å²) in [6.45, 7) is 11.2. The van der Waals surface area contributed by atoms with Crippen LogP contribution in [-0.2, 0) is 17.8 Å². The van der Waals surface area contributed by atoms with Crippen LogP contribution in [0, 0.1) is 0 Å². The number of ether oxygens (including phenoxy) is 1. The molecule has 0 spiro atoms. The third kappa shape index (κ3) is 4.08. The highest BCUT2D eigenvalue weighted by Crippen LogP contribution is 2.22. The van der Waals surface area contributed by atoms with Crippen molar-refractivity contribution in [2.45, 2.75) is 64.9 Å². The summed E-state index contributed by atoms with van der Waals surface area (Å²) in [6.07, 6.45) is 3.21. The maximum atomic E-state index is 5.67. The van der Waals surface area contributed by atoms with Crippen molar-refractivity contribution in [2.75, 3.05) is 13.7 Å². The van der Waals surface area contributed by atoms with Crippen molar-refractivity contribution < 1.29 is 9.15 Å². The van der Waals surface area contributed by atoms with Gasteiger partial charge in [0.1, 0.15) is 5.76 Å². The smallest absolute Gasteiger partial charge is 0.122 e. The lowest BCUT2D eigenvalue weighted by molar-refractivity contribution is 0.0790. The molecule has 1 aromatic rings. The molecular weight excluding hydrogens is 252 g/mol. The minimum Gasteiger partial charge on any atom is -0.468 e. The lowest BCUT2D eigenvalue weighted by Crippen LogP contribution is -2.37. The van der Waals surface area contributed by atoms with Crippen molar-refractivity contribution in [3.05, 3.63) is 23.7 Å². The van der Waals surface area contributed by atoms with E-state index < -0.39 is 0 Å². The van der Waals surface area contributed by atoms with Crippen LogP contribution in [0.25, 0.3) is 0 Å². The van der Waals surface area contributed by atoms with E-state index in [1.54, 1.807) is 6.26 Å². The monoisotopic (exact) mass is 280 g/mol. The Hall–Kier alpha value is -0.840. The van der Waals surface area contributed by atoms with Gasteiger partial charge in [0.2, 0.25) is 0 Å². The Balaban J connectivity index is 1.94. The predicted octanol–water partition coefficient (Wildman–Crippen LogP) is 2.78. The highest BCUT2D eigenvalue weighted by atomic mass is 16.5. The number of likely N-dealkylation sites (N-methyl/N-ethyl adjacent to an activating group) is 1. The van der Waals surface area contributed by atoms with Gasteiger partial charge in [-0.3, -0.25) is 4.90 Å². The highest BCUT2D eigenvalue weighted by Gasteiger charge is 2.28. The summed E-state index contributed by atoms with van der Waals surface area (Å²) in [5.41, 5.74) is 1.37. The van der Waals surface area contributed by atoms with Crippen LogP contribution in [0.15, 0.2) is 16.7 Å². The molecule has 2 heterocycles. The second kappa shape index (κ2) is 6.29. The summed E-state index contributed by atoms with van der Waals surface area (Å²) in [5, 5.41) is 3.51. The Morgan fingerprint density at radius 2 is 2.15 bits per heavy atom. The van der Waals surface area contributed by atoms with Crippen LogP contribution in [0.4, 0.5) is 0 Å². The van der Waals surface area contributed by atoms with E-state index in [9.17, 15) is 0 Å². The normalized spacial score (nSPS) is 23.7. The standard InChI is InChI=1S/C16H28N2O2/c1-12-14(7-9-19-12)18(5)11-15-13(6-8-20-15)10-17-16(2,3)4/h6,8,12,14,17H,7,9-11H2,1-5H3. The van der Waals surface area contributed by atoms with Crippen molar-refractivity contribution in [1.82, 2.24) is 10.2 Å². The molecule has 4 heteroatoms. The van der Waals surface area contributed by atoms with Crippen LogP contribution in [0.3, 0.4) is 0 Å². The summed E-state index contributed by atoms with van der Waals surface area (Å²) in [7, 11) is 2.15. The van der Waals surface area contributed by atoms with E-state index in [0.717, 1.165) is 31.9 Å². The first kappa shape index (κ1) is 15.5. The Bertz CT molecular complexity index is 422. The van der Waals surface area contributed by atoms with Gasteiger partial charge >= 0.3 is 0 Å². The van der Waals surface area contributed by atoms with Crippen molar-refractivity contribution >= 4 is 0 Å². The van der Waals surface area contributed by atoms with Crippen LogP contribution in [0.1, 0.15) is 45.4 Å². The van der Waals surface area contributed by atoms with Gasteiger partial charge in [-0.1, -0.05) is 0 Å². The molecule has 1 aromatic heterocycles. The summed E-state index contributed by atoms with van der Waals surface area (Å²) >= 11 is 0. The molecule has 1 saturated heterocycles. The summed E-state index contributed by atoms with van der Waals surface area (Å²) in [6, 6.07) is 2.56. The molecule has 0 amide bonds. The fourth-order valence-electron chi connectivity index (χ4n) is 2.67. The minimum absolute atomic E-state index is 0.119. The zero-order valence-electron chi connectivity index (χ0n) is 13.4. The molecule has 0 radical (unpaired) electrons. The third-order valence-corrected chi connectivity index (χ3v) is 3.94. The lowest BCUT2D eigenvalue weighted by atomic mass is 10.1. The highest BCUT2D eigenvalue weighted by molar-refractivity contribution is 5.17. The predicted molar refractivity (Wildman–Crippen MR) is 80.6 cm³/mol. The molecule has 0 saturated carbocycles. The van der Waals surface area contributed by atoms with E-state index >= 15 is 0 Å². The Labute approximate surface area is 122 Å². The first-order valence-electron chi connectivity index (χ1n) is 7.49. The van der Waals surface area contributed by atoms with Gasteiger partial charge in [-0.15, -0.1) is 0 Å². The maximum absolute atomic E-state index is 5.67. The largest absolute Gasteiger partial charge is 0.468 e. The van der Waals surface area contributed by atoms with Gasteiger partial charge in [-0.2, -0.15) is 0 Å². The Morgan fingerprint density at radius 3 is 2.75 bits per heavy atom. The van der Waals surface area contributed by atoms with E-state index in [4.69, 9.17) is 9.15 Å². The van der Waals surface area contributed by atoms with Crippen molar-refractivity contribution in [3.63, 3.8) is 0 Å². The molecule has 1 fully saturated rings. The van der Waals surface area contributed by atoms with Gasteiger partial charge in [0.15, 0.2) is 0 Å². The third-order valence-electron chi connectivity index (χ3n) is 3.94. The molecule has 0 aromatic carbocycles. The van der Waals surface area contributed by atoms with E-state index in [1.165, 1.54) is 5.56 Å². The topological polar surface area (TPSA) is 37.6 Å². The van der Waals surface area contributed by atoms with Gasteiger partial charge in [0.05, 0.1) is 18.9 Å². The molecule has 20 heavy (non-hydrogen) atoms. The number of rotatable bonds is 5. The van der Waals surface area contributed by atoms with E-state index in [-0.39, 0.29) is 5.54 Å². The van der Waals surface area contributed by atoms with Crippen molar-refractivity contribution in [1.29, 1.82) is 0 Å². The van der Waals surface area contributed by atoms with Gasteiger partial charge < -0.3 is 14.5 Å². The number of furan rings is 1. The molecule has 114 valence electrons. The van der Waals surface area contributed by atoms with Gasteiger partial charge in [-0.05, 0) is 47.2 Å². The van der Waals surface area contributed by atoms with Crippen molar-refractivity contribution in [3.8, 4) is 0 Å². The van der Waals surface area contributed by atoms with E-state index in [0.29, 0.717) is 12.1 Å². The average Bonchev–Trinajstić information content (AvgIpc) is 2.94. The van der Waals surface area contributed by atoms with E-state index in [2.05, 4.69) is 51.0 Å². The first-order valence-corrected chi connectivity index (χ1v) is 7.49. The van der Waals surface area contributed by atoms with Crippen LogP contribution < -0.4 is 5.32 Å². The average molecular weight is 280 g/mol. The van der Waals surface area contributed by atoms with Gasteiger partial charge in [-0.25, -0.2) is 0 Å². The summed E-state index contributed by atoms with van der Waals surface area (Å²) < 4.78 is 11.3. The molecule has 0 bridgehead atoms. The number of hydrogen-bond donors (Lipinski definition) is 1. The number of nitrogens with one attached hydrogen (secondary N) is 1.